The number of carbonyl (C=O) groups is 1. The van der Waals surface area contributed by atoms with Crippen molar-refractivity contribution in [1.82, 2.24) is 14.8 Å². The minimum Gasteiger partial charge on any atom is -0.379 e. The molecule has 116 valence electrons. The lowest BCUT2D eigenvalue weighted by molar-refractivity contribution is 0.0341. The maximum absolute atomic E-state index is 12.4. The first-order valence-electron chi connectivity index (χ1n) is 7.76. The van der Waals surface area contributed by atoms with Crippen molar-refractivity contribution in [2.24, 2.45) is 5.92 Å². The second-order valence-electron chi connectivity index (χ2n) is 5.99. The zero-order valence-electron chi connectivity index (χ0n) is 12.6. The van der Waals surface area contributed by atoms with Gasteiger partial charge in [0.05, 0.1) is 19.8 Å². The maximum atomic E-state index is 12.4. The van der Waals surface area contributed by atoms with E-state index in [2.05, 4.69) is 16.8 Å². The van der Waals surface area contributed by atoms with Crippen LogP contribution in [0, 0.1) is 5.92 Å². The summed E-state index contributed by atoms with van der Waals surface area (Å²) in [6, 6.07) is 0. The van der Waals surface area contributed by atoms with Gasteiger partial charge in [0.1, 0.15) is 10.7 Å². The van der Waals surface area contributed by atoms with Crippen LogP contribution < -0.4 is 0 Å². The molecule has 0 atom stereocenters. The Morgan fingerprint density at radius 1 is 1.33 bits per heavy atom. The predicted molar refractivity (Wildman–Crippen MR) is 82.5 cm³/mol. The Balaban J connectivity index is 1.57. The van der Waals surface area contributed by atoms with E-state index in [-0.39, 0.29) is 5.91 Å². The lowest BCUT2D eigenvalue weighted by atomic mass is 9.99. The summed E-state index contributed by atoms with van der Waals surface area (Å²) < 4.78 is 5.35. The largest absolute Gasteiger partial charge is 0.379 e. The van der Waals surface area contributed by atoms with Crippen molar-refractivity contribution in [3.8, 4) is 0 Å². The third-order valence-electron chi connectivity index (χ3n) is 4.30. The van der Waals surface area contributed by atoms with E-state index in [9.17, 15) is 4.79 Å². The van der Waals surface area contributed by atoms with Crippen molar-refractivity contribution >= 4 is 17.2 Å². The number of amides is 1. The minimum atomic E-state index is 0.103. The lowest BCUT2D eigenvalue weighted by Crippen LogP contribution is -2.38. The van der Waals surface area contributed by atoms with E-state index < -0.39 is 0 Å². The van der Waals surface area contributed by atoms with Gasteiger partial charge in [-0.2, -0.15) is 0 Å². The van der Waals surface area contributed by atoms with Crippen molar-refractivity contribution in [2.45, 2.75) is 26.3 Å². The summed E-state index contributed by atoms with van der Waals surface area (Å²) in [6.45, 7) is 8.32. The van der Waals surface area contributed by atoms with E-state index in [1.807, 2.05) is 10.3 Å². The summed E-state index contributed by atoms with van der Waals surface area (Å²) >= 11 is 1.59. The van der Waals surface area contributed by atoms with Crippen molar-refractivity contribution in [2.75, 3.05) is 39.4 Å². The van der Waals surface area contributed by atoms with E-state index in [0.717, 1.165) is 69.7 Å². The molecule has 21 heavy (non-hydrogen) atoms. The summed E-state index contributed by atoms with van der Waals surface area (Å²) in [5.41, 5.74) is 0.623. The molecule has 5 nitrogen and oxygen atoms in total. The van der Waals surface area contributed by atoms with Crippen LogP contribution in [-0.2, 0) is 11.3 Å². The van der Waals surface area contributed by atoms with Gasteiger partial charge < -0.3 is 9.64 Å². The molecule has 2 aliphatic heterocycles. The maximum Gasteiger partial charge on any atom is 0.273 e. The number of hydrogen-bond acceptors (Lipinski definition) is 5. The number of nitrogens with zero attached hydrogens (tertiary/aromatic N) is 3. The molecule has 3 heterocycles. The van der Waals surface area contributed by atoms with Crippen molar-refractivity contribution in [1.29, 1.82) is 0 Å². The van der Waals surface area contributed by atoms with Gasteiger partial charge in [-0.1, -0.05) is 6.92 Å². The summed E-state index contributed by atoms with van der Waals surface area (Å²) in [7, 11) is 0. The van der Waals surface area contributed by atoms with E-state index in [1.54, 1.807) is 11.3 Å². The average Bonchev–Trinajstić information content (AvgIpc) is 2.97. The van der Waals surface area contributed by atoms with Crippen LogP contribution in [0.2, 0.25) is 0 Å². The molecule has 0 saturated carbocycles. The van der Waals surface area contributed by atoms with Crippen LogP contribution in [0.25, 0.3) is 0 Å². The molecule has 2 aliphatic rings. The third kappa shape index (κ3) is 3.81. The summed E-state index contributed by atoms with van der Waals surface area (Å²) in [5, 5.41) is 2.95. The van der Waals surface area contributed by atoms with Crippen molar-refractivity contribution in [3.05, 3.63) is 16.1 Å². The highest BCUT2D eigenvalue weighted by atomic mass is 32.1. The van der Waals surface area contributed by atoms with Gasteiger partial charge in [0.15, 0.2) is 0 Å². The fourth-order valence-corrected chi connectivity index (χ4v) is 3.62. The summed E-state index contributed by atoms with van der Waals surface area (Å²) in [4.78, 5) is 21.3. The molecule has 1 aromatic heterocycles. The SMILES string of the molecule is CC1CCN(C(=O)c2csc(CN3CCOCC3)n2)CC1. The standard InChI is InChI=1S/C15H23N3O2S/c1-12-2-4-18(5-3-12)15(19)13-11-21-14(16-13)10-17-6-8-20-9-7-17/h11-12H,2-10H2,1H3. The number of rotatable bonds is 3. The summed E-state index contributed by atoms with van der Waals surface area (Å²) in [6.07, 6.45) is 2.22. The monoisotopic (exact) mass is 309 g/mol. The molecule has 0 N–H and O–H groups in total. The zero-order valence-corrected chi connectivity index (χ0v) is 13.4. The minimum absolute atomic E-state index is 0.103. The van der Waals surface area contributed by atoms with Crippen LogP contribution >= 0.6 is 11.3 Å². The van der Waals surface area contributed by atoms with Crippen LogP contribution in [0.5, 0.6) is 0 Å². The fourth-order valence-electron chi connectivity index (χ4n) is 2.81. The second-order valence-corrected chi connectivity index (χ2v) is 6.93. The molecule has 0 aliphatic carbocycles. The molecule has 2 fully saturated rings. The molecular formula is C15H23N3O2S. The van der Waals surface area contributed by atoms with Gasteiger partial charge in [0, 0.05) is 31.6 Å². The first-order chi connectivity index (χ1) is 10.2. The normalized spacial score (nSPS) is 21.7. The molecular weight excluding hydrogens is 286 g/mol. The molecule has 1 aromatic rings. The van der Waals surface area contributed by atoms with Gasteiger partial charge in [-0.05, 0) is 18.8 Å². The molecule has 0 unspecified atom stereocenters. The Hall–Kier alpha value is -0.980. The Morgan fingerprint density at radius 2 is 2.05 bits per heavy atom. The number of likely N-dealkylation sites (tertiary alicyclic amines) is 1. The Kier molecular flexibility index (Phi) is 4.87. The highest BCUT2D eigenvalue weighted by Gasteiger charge is 2.23. The Labute approximate surface area is 129 Å². The Bertz CT molecular complexity index is 477. The highest BCUT2D eigenvalue weighted by molar-refractivity contribution is 7.09. The molecule has 1 amide bonds. The Morgan fingerprint density at radius 3 is 2.76 bits per heavy atom. The van der Waals surface area contributed by atoms with E-state index in [4.69, 9.17) is 4.74 Å². The molecule has 0 bridgehead atoms. The number of thiazole rings is 1. The van der Waals surface area contributed by atoms with Crippen LogP contribution in [0.15, 0.2) is 5.38 Å². The molecule has 3 rings (SSSR count). The van der Waals surface area contributed by atoms with Gasteiger partial charge in [0.25, 0.3) is 5.91 Å². The highest BCUT2D eigenvalue weighted by Crippen LogP contribution is 2.20. The van der Waals surface area contributed by atoms with Gasteiger partial charge in [-0.25, -0.2) is 4.98 Å². The number of carbonyl (C=O) groups excluding carboxylic acids is 1. The van der Waals surface area contributed by atoms with E-state index in [1.165, 1.54) is 0 Å². The molecule has 6 heteroatoms. The number of hydrogen-bond donors (Lipinski definition) is 0. The molecule has 0 spiro atoms. The topological polar surface area (TPSA) is 45.7 Å². The van der Waals surface area contributed by atoms with E-state index in [0.29, 0.717) is 5.69 Å². The van der Waals surface area contributed by atoms with Crippen molar-refractivity contribution in [3.63, 3.8) is 0 Å². The fraction of sp³-hybridized carbons (Fsp3) is 0.733. The van der Waals surface area contributed by atoms with Crippen LogP contribution in [0.4, 0.5) is 0 Å². The molecule has 0 aromatic carbocycles. The van der Waals surface area contributed by atoms with Crippen LogP contribution in [0.1, 0.15) is 35.3 Å². The first kappa shape index (κ1) is 14.9. The number of aromatic nitrogens is 1. The first-order valence-corrected chi connectivity index (χ1v) is 8.64. The lowest BCUT2D eigenvalue weighted by Gasteiger charge is -2.29. The number of ether oxygens (including phenoxy) is 1. The second kappa shape index (κ2) is 6.85. The zero-order chi connectivity index (χ0) is 14.7. The quantitative estimate of drug-likeness (QED) is 0.855. The summed E-state index contributed by atoms with van der Waals surface area (Å²) in [5.74, 6) is 0.841. The molecule has 0 radical (unpaired) electrons. The number of piperidine rings is 1. The van der Waals surface area contributed by atoms with Crippen LogP contribution in [-0.4, -0.2) is 60.1 Å². The van der Waals surface area contributed by atoms with Gasteiger partial charge >= 0.3 is 0 Å². The van der Waals surface area contributed by atoms with E-state index >= 15 is 0 Å². The smallest absolute Gasteiger partial charge is 0.273 e. The van der Waals surface area contributed by atoms with Gasteiger partial charge in [-0.15, -0.1) is 11.3 Å². The predicted octanol–water partition coefficient (Wildman–Crippen LogP) is 1.85. The average molecular weight is 309 g/mol. The van der Waals surface area contributed by atoms with Crippen LogP contribution in [0.3, 0.4) is 0 Å². The van der Waals surface area contributed by atoms with Gasteiger partial charge in [0.2, 0.25) is 0 Å². The molecule has 2 saturated heterocycles. The number of morpholine rings is 1. The third-order valence-corrected chi connectivity index (χ3v) is 5.14. The van der Waals surface area contributed by atoms with Crippen molar-refractivity contribution < 1.29 is 9.53 Å². The van der Waals surface area contributed by atoms with Gasteiger partial charge in [-0.3, -0.25) is 9.69 Å².